The zero-order valence-electron chi connectivity index (χ0n) is 10.9. The van der Waals surface area contributed by atoms with Crippen molar-refractivity contribution in [1.82, 2.24) is 0 Å². The van der Waals surface area contributed by atoms with Gasteiger partial charge in [0, 0.05) is 6.42 Å². The van der Waals surface area contributed by atoms with E-state index in [0.29, 0.717) is 17.1 Å². The third-order valence-electron chi connectivity index (χ3n) is 2.34. The minimum atomic E-state index is -4.16. The zero-order chi connectivity index (χ0) is 15.0. The number of rotatable bonds is 5. The highest BCUT2D eigenvalue weighted by Crippen LogP contribution is 2.25. The molecule has 2 nitrogen and oxygen atoms in total. The Bertz CT molecular complexity index is 489. The fourth-order valence-corrected chi connectivity index (χ4v) is 1.51. The maximum Gasteiger partial charge on any atom is 0.389 e. The van der Waals surface area contributed by atoms with Crippen LogP contribution in [0, 0.1) is 11.8 Å². The van der Waals surface area contributed by atoms with Crippen molar-refractivity contribution in [2.45, 2.75) is 19.0 Å². The number of hydrogen-bond acceptors (Lipinski definition) is 2. The Hall–Kier alpha value is -1.54. The molecule has 20 heavy (non-hydrogen) atoms. The average molecular weight is 307 g/mol. The molecule has 0 radical (unpaired) electrons. The lowest BCUT2D eigenvalue weighted by Gasteiger charge is -2.10. The minimum Gasteiger partial charge on any atom is -0.497 e. The van der Waals surface area contributed by atoms with Crippen LogP contribution in [-0.2, 0) is 0 Å². The Morgan fingerprint density at radius 2 is 2.05 bits per heavy atom. The number of ether oxygens (including phenoxy) is 2. The molecule has 0 N–H and O–H groups in total. The van der Waals surface area contributed by atoms with Gasteiger partial charge in [-0.2, -0.15) is 13.2 Å². The Labute approximate surface area is 120 Å². The molecular weight excluding hydrogens is 293 g/mol. The van der Waals surface area contributed by atoms with Gasteiger partial charge in [-0.05, 0) is 24.6 Å². The van der Waals surface area contributed by atoms with E-state index in [2.05, 4.69) is 11.8 Å². The largest absolute Gasteiger partial charge is 0.497 e. The van der Waals surface area contributed by atoms with E-state index in [9.17, 15) is 13.2 Å². The first-order chi connectivity index (χ1) is 9.46. The minimum absolute atomic E-state index is 0.0264. The molecule has 0 spiro atoms. The number of methoxy groups -OCH3 is 1. The fourth-order valence-electron chi connectivity index (χ4n) is 1.44. The van der Waals surface area contributed by atoms with E-state index in [-0.39, 0.29) is 18.9 Å². The first-order valence-corrected chi connectivity index (χ1v) is 6.42. The van der Waals surface area contributed by atoms with E-state index in [1.54, 1.807) is 18.2 Å². The van der Waals surface area contributed by atoms with Crippen molar-refractivity contribution < 1.29 is 22.6 Å². The van der Waals surface area contributed by atoms with Crippen LogP contribution < -0.4 is 9.47 Å². The van der Waals surface area contributed by atoms with Crippen molar-refractivity contribution in [2.75, 3.05) is 19.6 Å². The van der Waals surface area contributed by atoms with Gasteiger partial charge >= 0.3 is 6.18 Å². The lowest BCUT2D eigenvalue weighted by atomic mass is 10.2. The van der Waals surface area contributed by atoms with Crippen molar-refractivity contribution in [2.24, 2.45) is 0 Å². The summed E-state index contributed by atoms with van der Waals surface area (Å²) in [5.41, 5.74) is 0.539. The molecule has 0 aromatic heterocycles. The smallest absolute Gasteiger partial charge is 0.389 e. The van der Waals surface area contributed by atoms with Gasteiger partial charge in [-0.3, -0.25) is 0 Å². The highest BCUT2D eigenvalue weighted by Gasteiger charge is 2.26. The van der Waals surface area contributed by atoms with Crippen molar-refractivity contribution in [3.8, 4) is 23.3 Å². The molecule has 0 saturated carbocycles. The number of benzene rings is 1. The van der Waals surface area contributed by atoms with Gasteiger partial charge in [0.25, 0.3) is 0 Å². The average Bonchev–Trinajstić information content (AvgIpc) is 2.40. The van der Waals surface area contributed by atoms with Crippen molar-refractivity contribution in [3.05, 3.63) is 23.8 Å². The molecule has 0 aliphatic carbocycles. The summed E-state index contributed by atoms with van der Waals surface area (Å²) in [7, 11) is 1.51. The Morgan fingerprint density at radius 3 is 2.65 bits per heavy atom. The Balaban J connectivity index is 2.68. The number of hydrogen-bond donors (Lipinski definition) is 0. The van der Waals surface area contributed by atoms with Crippen LogP contribution in [0.1, 0.15) is 18.4 Å². The summed E-state index contributed by atoms with van der Waals surface area (Å²) < 4.78 is 46.4. The molecule has 0 unspecified atom stereocenters. The maximum atomic E-state index is 12.0. The molecule has 1 aromatic carbocycles. The van der Waals surface area contributed by atoms with E-state index < -0.39 is 12.6 Å². The van der Waals surface area contributed by atoms with E-state index in [0.717, 1.165) is 0 Å². The summed E-state index contributed by atoms with van der Waals surface area (Å²) in [6.45, 7) is -0.0264. The fraction of sp³-hybridized carbons (Fsp3) is 0.429. The second-order valence-corrected chi connectivity index (χ2v) is 4.13. The molecule has 0 heterocycles. The summed E-state index contributed by atoms with van der Waals surface area (Å²) in [6.07, 6.45) is -5.13. The molecule has 0 atom stereocenters. The standard InChI is InChI=1S/C14H14ClF3O2/c1-19-12-5-6-13(11(10-12)4-2-8-15)20-9-3-7-14(16,17)18/h5-6,10H,3,7-9H2,1H3. The first-order valence-electron chi connectivity index (χ1n) is 5.88. The summed E-state index contributed by atoms with van der Waals surface area (Å²) in [4.78, 5) is 0. The van der Waals surface area contributed by atoms with Crippen LogP contribution in [0.3, 0.4) is 0 Å². The van der Waals surface area contributed by atoms with Crippen molar-refractivity contribution >= 4 is 11.6 Å². The van der Waals surface area contributed by atoms with E-state index in [1.807, 2.05) is 0 Å². The summed E-state index contributed by atoms with van der Waals surface area (Å²) in [5.74, 6) is 6.63. The molecule has 0 aliphatic heterocycles. The Morgan fingerprint density at radius 1 is 1.30 bits per heavy atom. The molecule has 110 valence electrons. The molecule has 0 bridgehead atoms. The van der Waals surface area contributed by atoms with Gasteiger partial charge in [-0.15, -0.1) is 11.6 Å². The van der Waals surface area contributed by atoms with Crippen molar-refractivity contribution in [3.63, 3.8) is 0 Å². The van der Waals surface area contributed by atoms with E-state index >= 15 is 0 Å². The van der Waals surface area contributed by atoms with Gasteiger partial charge in [-0.25, -0.2) is 0 Å². The van der Waals surface area contributed by atoms with Crippen LogP contribution in [0.2, 0.25) is 0 Å². The molecule has 0 fully saturated rings. The Kier molecular flexibility index (Phi) is 6.53. The molecule has 0 amide bonds. The summed E-state index contributed by atoms with van der Waals surface area (Å²) >= 11 is 5.48. The van der Waals surface area contributed by atoms with Crippen LogP contribution in [0.15, 0.2) is 18.2 Å². The van der Waals surface area contributed by atoms with Crippen LogP contribution in [0.25, 0.3) is 0 Å². The summed E-state index contributed by atoms with van der Waals surface area (Å²) in [6, 6.07) is 4.92. The van der Waals surface area contributed by atoms with Gasteiger partial charge in [0.1, 0.15) is 11.5 Å². The van der Waals surface area contributed by atoms with Crippen LogP contribution in [-0.4, -0.2) is 25.8 Å². The molecule has 6 heteroatoms. The predicted molar refractivity (Wildman–Crippen MR) is 71.4 cm³/mol. The lowest BCUT2D eigenvalue weighted by molar-refractivity contribution is -0.136. The number of halogens is 4. The lowest BCUT2D eigenvalue weighted by Crippen LogP contribution is -2.10. The topological polar surface area (TPSA) is 18.5 Å². The third-order valence-corrected chi connectivity index (χ3v) is 2.47. The monoisotopic (exact) mass is 306 g/mol. The van der Waals surface area contributed by atoms with Crippen molar-refractivity contribution in [1.29, 1.82) is 0 Å². The molecule has 1 rings (SSSR count). The maximum absolute atomic E-state index is 12.0. The van der Waals surface area contributed by atoms with Crippen LogP contribution >= 0.6 is 11.6 Å². The van der Waals surface area contributed by atoms with Gasteiger partial charge in [0.05, 0.1) is 25.2 Å². The normalized spacial score (nSPS) is 10.7. The SMILES string of the molecule is COc1ccc(OCCCC(F)(F)F)c(C#CCCl)c1. The van der Waals surface area contributed by atoms with Gasteiger partial charge in [0.2, 0.25) is 0 Å². The van der Waals surface area contributed by atoms with Crippen LogP contribution in [0.4, 0.5) is 13.2 Å². The highest BCUT2D eigenvalue weighted by molar-refractivity contribution is 6.19. The van der Waals surface area contributed by atoms with Gasteiger partial charge in [0.15, 0.2) is 0 Å². The van der Waals surface area contributed by atoms with E-state index in [4.69, 9.17) is 21.1 Å². The third kappa shape index (κ3) is 6.07. The molecular formula is C14H14ClF3O2. The van der Waals surface area contributed by atoms with E-state index in [1.165, 1.54) is 7.11 Å². The quantitative estimate of drug-likeness (QED) is 0.465. The molecule has 0 saturated heterocycles. The highest BCUT2D eigenvalue weighted by atomic mass is 35.5. The van der Waals surface area contributed by atoms with Gasteiger partial charge in [-0.1, -0.05) is 11.8 Å². The second kappa shape index (κ2) is 7.91. The second-order valence-electron chi connectivity index (χ2n) is 3.86. The van der Waals surface area contributed by atoms with Crippen LogP contribution in [0.5, 0.6) is 11.5 Å². The number of alkyl halides is 4. The molecule has 1 aromatic rings. The van der Waals surface area contributed by atoms with Gasteiger partial charge < -0.3 is 9.47 Å². The molecule has 0 aliphatic rings. The first kappa shape index (κ1) is 16.5. The predicted octanol–water partition coefficient (Wildman–Crippen LogP) is 4.01. The summed E-state index contributed by atoms with van der Waals surface area (Å²) in [5, 5.41) is 0. The zero-order valence-corrected chi connectivity index (χ0v) is 11.6.